The first-order chi connectivity index (χ1) is 12.9. The first-order valence-corrected chi connectivity index (χ1v) is 8.65. The number of benzene rings is 3. The van der Waals surface area contributed by atoms with E-state index >= 15 is 0 Å². The van der Waals surface area contributed by atoms with E-state index in [1.807, 2.05) is 36.4 Å². The number of aromatic nitrogens is 1. The van der Waals surface area contributed by atoms with E-state index in [9.17, 15) is 0 Å². The number of hydrogen-bond acceptors (Lipinski definition) is 2. The van der Waals surface area contributed by atoms with E-state index in [0.717, 1.165) is 27.9 Å². The molecule has 0 spiro atoms. The first kappa shape index (κ1) is 16.1. The van der Waals surface area contributed by atoms with Crippen molar-refractivity contribution in [3.63, 3.8) is 0 Å². The lowest BCUT2D eigenvalue weighted by Crippen LogP contribution is -1.96. The molecule has 4 rings (SSSR count). The zero-order valence-corrected chi connectivity index (χ0v) is 14.4. The number of hydrogen-bond donors (Lipinski definition) is 0. The molecule has 0 bridgehead atoms. The third-order valence-electron chi connectivity index (χ3n) is 4.32. The van der Waals surface area contributed by atoms with Crippen LogP contribution in [0.3, 0.4) is 0 Å². The van der Waals surface area contributed by atoms with Crippen molar-refractivity contribution in [2.45, 2.75) is 0 Å². The Bertz CT molecular complexity index is 1050. The van der Waals surface area contributed by atoms with Crippen LogP contribution in [0.1, 0.15) is 0 Å². The largest absolute Gasteiger partial charge is 0.489 e. The minimum atomic E-state index is 0.468. The Labute approximate surface area is 153 Å². The summed E-state index contributed by atoms with van der Waals surface area (Å²) in [6.45, 7) is 4.20. The average Bonchev–Trinajstić information content (AvgIpc) is 2.72. The van der Waals surface area contributed by atoms with E-state index in [0.29, 0.717) is 6.61 Å². The minimum Gasteiger partial charge on any atom is -0.489 e. The molecule has 126 valence electrons. The predicted molar refractivity (Wildman–Crippen MR) is 108 cm³/mol. The Morgan fingerprint density at radius 2 is 1.54 bits per heavy atom. The number of para-hydroxylation sites is 2. The summed E-state index contributed by atoms with van der Waals surface area (Å²) < 4.78 is 5.84. The van der Waals surface area contributed by atoms with Crippen molar-refractivity contribution in [3.8, 4) is 28.1 Å². The van der Waals surface area contributed by atoms with Crippen molar-refractivity contribution >= 4 is 10.9 Å². The summed E-state index contributed by atoms with van der Waals surface area (Å²) in [6, 6.07) is 28.8. The highest BCUT2D eigenvalue weighted by Gasteiger charge is 2.12. The number of pyridine rings is 1. The molecule has 26 heavy (non-hydrogen) atoms. The average molecular weight is 337 g/mol. The van der Waals surface area contributed by atoms with Crippen molar-refractivity contribution in [3.05, 3.63) is 97.6 Å². The predicted octanol–water partition coefficient (Wildman–Crippen LogP) is 6.13. The van der Waals surface area contributed by atoms with Crippen LogP contribution in [0.4, 0.5) is 0 Å². The number of nitrogens with zero attached hydrogens (tertiary/aromatic N) is 1. The molecule has 0 saturated carbocycles. The Kier molecular flexibility index (Phi) is 4.48. The third-order valence-corrected chi connectivity index (χ3v) is 4.32. The second-order valence-corrected chi connectivity index (χ2v) is 6.03. The number of rotatable bonds is 5. The quantitative estimate of drug-likeness (QED) is 0.408. The lowest BCUT2D eigenvalue weighted by Gasteiger charge is -2.13. The van der Waals surface area contributed by atoms with Crippen molar-refractivity contribution in [1.82, 2.24) is 4.98 Å². The number of ether oxygens (including phenoxy) is 1. The summed E-state index contributed by atoms with van der Waals surface area (Å²) in [5.41, 5.74) is 5.21. The minimum absolute atomic E-state index is 0.468. The van der Waals surface area contributed by atoms with Gasteiger partial charge in [-0.15, -0.1) is 0 Å². The molecule has 3 aromatic carbocycles. The second kappa shape index (κ2) is 7.24. The van der Waals surface area contributed by atoms with Crippen LogP contribution in [0.15, 0.2) is 97.6 Å². The van der Waals surface area contributed by atoms with Gasteiger partial charge in [-0.1, -0.05) is 73.3 Å². The Morgan fingerprint density at radius 3 is 2.38 bits per heavy atom. The van der Waals surface area contributed by atoms with Gasteiger partial charge < -0.3 is 4.74 Å². The van der Waals surface area contributed by atoms with E-state index in [1.165, 1.54) is 11.1 Å². The van der Waals surface area contributed by atoms with Crippen molar-refractivity contribution in [1.29, 1.82) is 0 Å². The summed E-state index contributed by atoms with van der Waals surface area (Å²) in [7, 11) is 0. The maximum atomic E-state index is 5.84. The Hall–Kier alpha value is -3.39. The van der Waals surface area contributed by atoms with Crippen molar-refractivity contribution in [2.75, 3.05) is 6.61 Å². The van der Waals surface area contributed by atoms with Gasteiger partial charge in [0.05, 0.1) is 11.2 Å². The van der Waals surface area contributed by atoms with Gasteiger partial charge in [-0.05, 0) is 35.4 Å². The van der Waals surface area contributed by atoms with Gasteiger partial charge in [0.2, 0.25) is 0 Å². The zero-order valence-electron chi connectivity index (χ0n) is 14.4. The highest BCUT2D eigenvalue weighted by atomic mass is 16.5. The molecule has 4 aromatic rings. The maximum Gasteiger partial charge on any atom is 0.129 e. The van der Waals surface area contributed by atoms with Crippen molar-refractivity contribution in [2.24, 2.45) is 0 Å². The molecule has 0 radical (unpaired) electrons. The van der Waals surface area contributed by atoms with Crippen LogP contribution in [0.2, 0.25) is 0 Å². The van der Waals surface area contributed by atoms with E-state index < -0.39 is 0 Å². The SMILES string of the molecule is C=CCOc1ccccc1-c1cc(-c2ccccc2)c2ccccc2n1. The van der Waals surface area contributed by atoms with Crippen LogP contribution in [0.5, 0.6) is 5.75 Å². The van der Waals surface area contributed by atoms with Crippen molar-refractivity contribution < 1.29 is 4.74 Å². The summed E-state index contributed by atoms with van der Waals surface area (Å²) in [5, 5.41) is 1.15. The van der Waals surface area contributed by atoms with E-state index in [2.05, 4.69) is 55.1 Å². The molecule has 0 saturated heterocycles. The smallest absolute Gasteiger partial charge is 0.129 e. The molecular weight excluding hydrogens is 318 g/mol. The lowest BCUT2D eigenvalue weighted by molar-refractivity contribution is 0.364. The standard InChI is InChI=1S/C24H19NO/c1-2-16-26-24-15-9-7-13-20(24)23-17-21(18-10-4-3-5-11-18)19-12-6-8-14-22(19)25-23/h2-15,17H,1,16H2. The van der Waals surface area contributed by atoms with Gasteiger partial charge in [-0.3, -0.25) is 0 Å². The van der Waals surface area contributed by atoms with Crippen LogP contribution in [0, 0.1) is 0 Å². The van der Waals surface area contributed by atoms with Gasteiger partial charge in [0, 0.05) is 10.9 Å². The van der Waals surface area contributed by atoms with Gasteiger partial charge in [0.1, 0.15) is 12.4 Å². The zero-order chi connectivity index (χ0) is 17.8. The van der Waals surface area contributed by atoms with Gasteiger partial charge in [-0.25, -0.2) is 4.98 Å². The second-order valence-electron chi connectivity index (χ2n) is 6.03. The molecule has 1 heterocycles. The summed E-state index contributed by atoms with van der Waals surface area (Å²) >= 11 is 0. The lowest BCUT2D eigenvalue weighted by atomic mass is 9.98. The molecule has 0 unspecified atom stereocenters. The summed E-state index contributed by atoms with van der Waals surface area (Å²) in [6.07, 6.45) is 1.75. The van der Waals surface area contributed by atoms with Crippen LogP contribution < -0.4 is 4.74 Å². The molecule has 2 nitrogen and oxygen atoms in total. The molecule has 0 N–H and O–H groups in total. The van der Waals surface area contributed by atoms with Crippen LogP contribution in [-0.4, -0.2) is 11.6 Å². The van der Waals surface area contributed by atoms with E-state index in [-0.39, 0.29) is 0 Å². The molecule has 0 amide bonds. The summed E-state index contributed by atoms with van der Waals surface area (Å²) in [5.74, 6) is 0.814. The third kappa shape index (κ3) is 3.09. The van der Waals surface area contributed by atoms with Crippen LogP contribution in [0.25, 0.3) is 33.3 Å². The van der Waals surface area contributed by atoms with Gasteiger partial charge in [-0.2, -0.15) is 0 Å². The fraction of sp³-hybridized carbons (Fsp3) is 0.0417. The monoisotopic (exact) mass is 337 g/mol. The Balaban J connectivity index is 1.94. The van der Waals surface area contributed by atoms with E-state index in [1.54, 1.807) is 6.08 Å². The van der Waals surface area contributed by atoms with Crippen LogP contribution >= 0.6 is 0 Å². The number of fused-ring (bicyclic) bond motifs is 1. The summed E-state index contributed by atoms with van der Waals surface area (Å²) in [4.78, 5) is 4.89. The Morgan fingerprint density at radius 1 is 0.808 bits per heavy atom. The molecule has 0 aliphatic rings. The molecule has 0 atom stereocenters. The first-order valence-electron chi connectivity index (χ1n) is 8.65. The maximum absolute atomic E-state index is 5.84. The molecule has 0 aliphatic heterocycles. The molecular formula is C24H19NO. The fourth-order valence-electron chi connectivity index (χ4n) is 3.12. The molecule has 0 aliphatic carbocycles. The van der Waals surface area contributed by atoms with Gasteiger partial charge >= 0.3 is 0 Å². The van der Waals surface area contributed by atoms with Gasteiger partial charge in [0.15, 0.2) is 0 Å². The topological polar surface area (TPSA) is 22.1 Å². The van der Waals surface area contributed by atoms with Crippen LogP contribution in [-0.2, 0) is 0 Å². The normalized spacial score (nSPS) is 10.6. The highest BCUT2D eigenvalue weighted by Crippen LogP contribution is 2.35. The highest BCUT2D eigenvalue weighted by molar-refractivity contribution is 5.97. The molecule has 1 aromatic heterocycles. The molecule has 2 heteroatoms. The fourth-order valence-corrected chi connectivity index (χ4v) is 3.12. The van der Waals surface area contributed by atoms with E-state index in [4.69, 9.17) is 9.72 Å². The van der Waals surface area contributed by atoms with Gasteiger partial charge in [0.25, 0.3) is 0 Å². The molecule has 0 fully saturated rings.